The fourth-order valence-electron chi connectivity index (χ4n) is 1.44. The van der Waals surface area contributed by atoms with Crippen LogP contribution in [-0.2, 0) is 13.6 Å². The second-order valence-electron chi connectivity index (χ2n) is 3.48. The molecule has 0 saturated heterocycles. The van der Waals surface area contributed by atoms with E-state index in [0.29, 0.717) is 6.54 Å². The highest BCUT2D eigenvalue weighted by molar-refractivity contribution is 4.99. The Hall–Kier alpha value is -1.62. The Balaban J connectivity index is 1.93. The van der Waals surface area contributed by atoms with E-state index in [-0.39, 0.29) is 6.04 Å². The molecule has 0 saturated carbocycles. The minimum absolute atomic E-state index is 0.155. The molecule has 1 unspecified atom stereocenters. The summed E-state index contributed by atoms with van der Waals surface area (Å²) < 4.78 is 7.13. The standard InChI is InChI=1S/C10H14N4O/c1-8(10-13-12-7-14(10)2)11-6-9-4-3-5-15-9/h3-5,7-8,11H,6H2,1-2H3. The molecule has 5 heteroatoms. The van der Waals surface area contributed by atoms with Crippen LogP contribution >= 0.6 is 0 Å². The molecule has 0 aliphatic heterocycles. The number of nitrogens with zero attached hydrogens (tertiary/aromatic N) is 3. The summed E-state index contributed by atoms with van der Waals surface area (Å²) in [7, 11) is 1.93. The third-order valence-corrected chi connectivity index (χ3v) is 2.30. The van der Waals surface area contributed by atoms with Gasteiger partial charge >= 0.3 is 0 Å². The quantitative estimate of drug-likeness (QED) is 0.818. The van der Waals surface area contributed by atoms with Gasteiger partial charge in [-0.25, -0.2) is 0 Å². The third-order valence-electron chi connectivity index (χ3n) is 2.30. The van der Waals surface area contributed by atoms with Gasteiger partial charge in [-0.1, -0.05) is 0 Å². The summed E-state index contributed by atoms with van der Waals surface area (Å²) in [6.45, 7) is 2.74. The van der Waals surface area contributed by atoms with Crippen LogP contribution in [0.1, 0.15) is 24.6 Å². The lowest BCUT2D eigenvalue weighted by molar-refractivity contribution is 0.448. The van der Waals surface area contributed by atoms with Gasteiger partial charge in [-0.15, -0.1) is 10.2 Å². The predicted molar refractivity (Wildman–Crippen MR) is 55.0 cm³/mol. The first-order chi connectivity index (χ1) is 7.27. The number of hydrogen-bond donors (Lipinski definition) is 1. The van der Waals surface area contributed by atoms with Crippen molar-refractivity contribution in [2.24, 2.45) is 7.05 Å². The van der Waals surface area contributed by atoms with Crippen molar-refractivity contribution in [3.8, 4) is 0 Å². The topological polar surface area (TPSA) is 55.9 Å². The Labute approximate surface area is 88.1 Å². The summed E-state index contributed by atoms with van der Waals surface area (Å²) in [5, 5.41) is 11.2. The Morgan fingerprint density at radius 3 is 3.07 bits per heavy atom. The molecule has 2 aromatic heterocycles. The molecule has 15 heavy (non-hydrogen) atoms. The maximum absolute atomic E-state index is 5.23. The largest absolute Gasteiger partial charge is 0.468 e. The van der Waals surface area contributed by atoms with E-state index >= 15 is 0 Å². The molecule has 2 heterocycles. The average Bonchev–Trinajstić information content (AvgIpc) is 2.84. The molecule has 5 nitrogen and oxygen atoms in total. The summed E-state index contributed by atoms with van der Waals surface area (Å²) >= 11 is 0. The van der Waals surface area contributed by atoms with Crippen molar-refractivity contribution in [1.29, 1.82) is 0 Å². The minimum atomic E-state index is 0.155. The molecule has 1 atom stereocenters. The highest BCUT2D eigenvalue weighted by Crippen LogP contribution is 2.08. The van der Waals surface area contributed by atoms with Crippen molar-refractivity contribution in [2.45, 2.75) is 19.5 Å². The van der Waals surface area contributed by atoms with E-state index in [0.717, 1.165) is 11.6 Å². The van der Waals surface area contributed by atoms with Gasteiger partial charge in [0.1, 0.15) is 17.9 Å². The Morgan fingerprint density at radius 2 is 2.47 bits per heavy atom. The van der Waals surface area contributed by atoms with Gasteiger partial charge in [0.05, 0.1) is 18.8 Å². The lowest BCUT2D eigenvalue weighted by Crippen LogP contribution is -2.20. The van der Waals surface area contributed by atoms with Crippen LogP contribution in [0, 0.1) is 0 Å². The molecular formula is C10H14N4O. The molecule has 2 rings (SSSR count). The van der Waals surface area contributed by atoms with E-state index in [1.807, 2.05) is 30.7 Å². The van der Waals surface area contributed by atoms with Crippen molar-refractivity contribution < 1.29 is 4.42 Å². The zero-order chi connectivity index (χ0) is 10.7. The summed E-state index contributed by atoms with van der Waals surface area (Å²) in [5.74, 6) is 1.84. The monoisotopic (exact) mass is 206 g/mol. The van der Waals surface area contributed by atoms with Gasteiger partial charge in [0.2, 0.25) is 0 Å². The molecule has 2 aromatic rings. The first-order valence-electron chi connectivity index (χ1n) is 4.87. The van der Waals surface area contributed by atoms with Gasteiger partial charge < -0.3 is 14.3 Å². The van der Waals surface area contributed by atoms with Gasteiger partial charge in [0.15, 0.2) is 0 Å². The Morgan fingerprint density at radius 1 is 1.60 bits per heavy atom. The number of aromatic nitrogens is 3. The smallest absolute Gasteiger partial charge is 0.149 e. The fourth-order valence-corrected chi connectivity index (χ4v) is 1.44. The number of hydrogen-bond acceptors (Lipinski definition) is 4. The van der Waals surface area contributed by atoms with Crippen molar-refractivity contribution >= 4 is 0 Å². The zero-order valence-electron chi connectivity index (χ0n) is 8.84. The van der Waals surface area contributed by atoms with E-state index in [1.165, 1.54) is 0 Å². The van der Waals surface area contributed by atoms with E-state index in [4.69, 9.17) is 4.42 Å². The summed E-state index contributed by atoms with van der Waals surface area (Å²) in [6, 6.07) is 3.98. The highest BCUT2D eigenvalue weighted by atomic mass is 16.3. The summed E-state index contributed by atoms with van der Waals surface area (Å²) in [4.78, 5) is 0. The Bertz CT molecular complexity index is 407. The third kappa shape index (κ3) is 2.24. The number of rotatable bonds is 4. The van der Waals surface area contributed by atoms with Gasteiger partial charge in [-0.2, -0.15) is 0 Å². The summed E-state index contributed by atoms with van der Waals surface area (Å²) in [6.07, 6.45) is 3.37. The van der Waals surface area contributed by atoms with Crippen LogP contribution in [0.3, 0.4) is 0 Å². The van der Waals surface area contributed by atoms with Crippen LogP contribution in [0.2, 0.25) is 0 Å². The van der Waals surface area contributed by atoms with Crippen LogP contribution < -0.4 is 5.32 Å². The van der Waals surface area contributed by atoms with Crippen molar-refractivity contribution in [3.63, 3.8) is 0 Å². The van der Waals surface area contributed by atoms with Crippen LogP contribution in [0.5, 0.6) is 0 Å². The number of aryl methyl sites for hydroxylation is 1. The molecule has 0 aliphatic carbocycles. The highest BCUT2D eigenvalue weighted by Gasteiger charge is 2.10. The lowest BCUT2D eigenvalue weighted by Gasteiger charge is -2.11. The maximum atomic E-state index is 5.23. The first kappa shape index (κ1) is 9.92. The van der Waals surface area contributed by atoms with Crippen molar-refractivity contribution in [1.82, 2.24) is 20.1 Å². The molecule has 0 amide bonds. The molecule has 1 N–H and O–H groups in total. The average molecular weight is 206 g/mol. The molecule has 0 radical (unpaired) electrons. The van der Waals surface area contributed by atoms with Crippen molar-refractivity contribution in [3.05, 3.63) is 36.3 Å². The van der Waals surface area contributed by atoms with Gasteiger partial charge in [0, 0.05) is 7.05 Å². The number of nitrogens with one attached hydrogen (secondary N) is 1. The Kier molecular flexibility index (Phi) is 2.82. The summed E-state index contributed by atoms with van der Waals surface area (Å²) in [5.41, 5.74) is 0. The first-order valence-corrected chi connectivity index (χ1v) is 4.87. The second kappa shape index (κ2) is 4.27. The van der Waals surface area contributed by atoms with E-state index in [9.17, 15) is 0 Å². The maximum Gasteiger partial charge on any atom is 0.149 e. The van der Waals surface area contributed by atoms with Gasteiger partial charge in [-0.05, 0) is 19.1 Å². The molecule has 0 bridgehead atoms. The molecule has 80 valence electrons. The van der Waals surface area contributed by atoms with Crippen LogP contribution in [0.4, 0.5) is 0 Å². The van der Waals surface area contributed by atoms with Crippen LogP contribution in [0.15, 0.2) is 29.1 Å². The van der Waals surface area contributed by atoms with E-state index in [1.54, 1.807) is 12.6 Å². The molecule has 0 aromatic carbocycles. The molecule has 0 fully saturated rings. The normalized spacial score (nSPS) is 12.9. The SMILES string of the molecule is CC(NCc1ccco1)c1nncn1C. The van der Waals surface area contributed by atoms with E-state index in [2.05, 4.69) is 15.5 Å². The van der Waals surface area contributed by atoms with Crippen molar-refractivity contribution in [2.75, 3.05) is 0 Å². The van der Waals surface area contributed by atoms with Gasteiger partial charge in [-0.3, -0.25) is 0 Å². The van der Waals surface area contributed by atoms with Gasteiger partial charge in [0.25, 0.3) is 0 Å². The fraction of sp³-hybridized carbons (Fsp3) is 0.400. The minimum Gasteiger partial charge on any atom is -0.468 e. The molecular weight excluding hydrogens is 192 g/mol. The molecule has 0 spiro atoms. The van der Waals surface area contributed by atoms with Crippen LogP contribution in [0.25, 0.3) is 0 Å². The second-order valence-corrected chi connectivity index (χ2v) is 3.48. The predicted octanol–water partition coefficient (Wildman–Crippen LogP) is 1.26. The zero-order valence-corrected chi connectivity index (χ0v) is 8.84. The molecule has 0 aliphatic rings. The number of furan rings is 1. The van der Waals surface area contributed by atoms with E-state index < -0.39 is 0 Å². The lowest BCUT2D eigenvalue weighted by atomic mass is 10.3. The van der Waals surface area contributed by atoms with Crippen LogP contribution in [-0.4, -0.2) is 14.8 Å².